The number of hydrogen-bond donors (Lipinski definition) is 0. The van der Waals surface area contributed by atoms with Gasteiger partial charge in [0.1, 0.15) is 11.6 Å². The summed E-state index contributed by atoms with van der Waals surface area (Å²) in [5.41, 5.74) is 2.83. The molecule has 3 aromatic rings. The van der Waals surface area contributed by atoms with E-state index in [1.165, 1.54) is 0 Å². The summed E-state index contributed by atoms with van der Waals surface area (Å²) in [6, 6.07) is 13.7. The van der Waals surface area contributed by atoms with Gasteiger partial charge in [-0.2, -0.15) is 0 Å². The predicted octanol–water partition coefficient (Wildman–Crippen LogP) is 3.15. The third-order valence-electron chi connectivity index (χ3n) is 5.72. The Morgan fingerprint density at radius 3 is 2.54 bits per heavy atom. The molecule has 2 aliphatic heterocycles. The van der Waals surface area contributed by atoms with E-state index >= 15 is 0 Å². The second kappa shape index (κ2) is 6.72. The maximum Gasteiger partial charge on any atom is 0.261 e. The Morgan fingerprint density at radius 2 is 1.79 bits per heavy atom. The molecule has 2 aliphatic rings. The van der Waals surface area contributed by atoms with Crippen molar-refractivity contribution in [3.63, 3.8) is 0 Å². The molecule has 0 N–H and O–H groups in total. The Bertz CT molecular complexity index is 1080. The van der Waals surface area contributed by atoms with Crippen LogP contribution in [0.25, 0.3) is 22.0 Å². The van der Waals surface area contributed by atoms with Crippen molar-refractivity contribution in [2.45, 2.75) is 31.6 Å². The summed E-state index contributed by atoms with van der Waals surface area (Å²) in [4.78, 5) is 17.9. The molecule has 0 saturated carbocycles. The lowest BCUT2D eigenvalue weighted by molar-refractivity contribution is -0.165. The summed E-state index contributed by atoms with van der Waals surface area (Å²) >= 11 is 0. The van der Waals surface area contributed by atoms with Gasteiger partial charge in [0.2, 0.25) is 0 Å². The number of benzene rings is 2. The summed E-state index contributed by atoms with van der Waals surface area (Å²) < 4.78 is 18.7. The van der Waals surface area contributed by atoms with Crippen LogP contribution in [0.4, 0.5) is 0 Å². The minimum atomic E-state index is -0.555. The molecule has 5 rings (SSSR count). The fourth-order valence-corrected chi connectivity index (χ4v) is 4.15. The largest absolute Gasteiger partial charge is 0.497 e. The monoisotopic (exact) mass is 378 g/mol. The van der Waals surface area contributed by atoms with E-state index in [1.807, 2.05) is 42.5 Å². The Kier molecular flexibility index (Phi) is 4.18. The lowest BCUT2D eigenvalue weighted by Gasteiger charge is -2.24. The van der Waals surface area contributed by atoms with Crippen LogP contribution in [-0.4, -0.2) is 35.7 Å². The zero-order valence-corrected chi connectivity index (χ0v) is 15.8. The van der Waals surface area contributed by atoms with Gasteiger partial charge >= 0.3 is 0 Å². The minimum absolute atomic E-state index is 0.0105. The van der Waals surface area contributed by atoms with Crippen LogP contribution in [0.3, 0.4) is 0 Å². The van der Waals surface area contributed by atoms with Crippen molar-refractivity contribution in [3.05, 3.63) is 58.6 Å². The van der Waals surface area contributed by atoms with E-state index < -0.39 is 5.79 Å². The average Bonchev–Trinajstić information content (AvgIpc) is 3.12. The van der Waals surface area contributed by atoms with Crippen molar-refractivity contribution in [1.29, 1.82) is 0 Å². The zero-order valence-electron chi connectivity index (χ0n) is 15.8. The first kappa shape index (κ1) is 17.4. The maximum atomic E-state index is 13.1. The number of fused-ring (bicyclic) bond motifs is 2. The van der Waals surface area contributed by atoms with E-state index in [0.717, 1.165) is 34.6 Å². The molecule has 3 heterocycles. The summed E-state index contributed by atoms with van der Waals surface area (Å²) in [6.07, 6.45) is 2.07. The van der Waals surface area contributed by atoms with Crippen LogP contribution in [-0.2, 0) is 22.4 Å². The highest BCUT2D eigenvalue weighted by Crippen LogP contribution is 2.32. The number of aromatic nitrogens is 2. The minimum Gasteiger partial charge on any atom is -0.497 e. The van der Waals surface area contributed by atoms with Crippen molar-refractivity contribution in [2.75, 3.05) is 20.3 Å². The smallest absolute Gasteiger partial charge is 0.261 e. The van der Waals surface area contributed by atoms with Gasteiger partial charge in [0, 0.05) is 25.8 Å². The topological polar surface area (TPSA) is 62.6 Å². The first-order valence-corrected chi connectivity index (χ1v) is 9.63. The van der Waals surface area contributed by atoms with Crippen LogP contribution in [0, 0.1) is 0 Å². The van der Waals surface area contributed by atoms with Crippen molar-refractivity contribution in [3.8, 4) is 16.9 Å². The van der Waals surface area contributed by atoms with Gasteiger partial charge in [-0.05, 0) is 35.4 Å². The molecule has 144 valence electrons. The van der Waals surface area contributed by atoms with E-state index in [-0.39, 0.29) is 5.56 Å². The summed E-state index contributed by atoms with van der Waals surface area (Å²) in [5, 5.41) is 0.644. The normalized spacial score (nSPS) is 18.2. The highest BCUT2D eigenvalue weighted by molar-refractivity contribution is 5.83. The Labute approximate surface area is 162 Å². The highest BCUT2D eigenvalue weighted by Gasteiger charge is 2.38. The van der Waals surface area contributed by atoms with Gasteiger partial charge in [-0.25, -0.2) is 4.98 Å². The lowest BCUT2D eigenvalue weighted by atomic mass is 10.0. The van der Waals surface area contributed by atoms with E-state index in [9.17, 15) is 4.79 Å². The molecule has 1 saturated heterocycles. The van der Waals surface area contributed by atoms with E-state index in [2.05, 4.69) is 0 Å². The molecule has 1 aromatic heterocycles. The van der Waals surface area contributed by atoms with E-state index in [1.54, 1.807) is 11.7 Å². The number of methoxy groups -OCH3 is 1. The molecular weight excluding hydrogens is 356 g/mol. The third-order valence-corrected chi connectivity index (χ3v) is 5.72. The second-order valence-corrected chi connectivity index (χ2v) is 7.30. The van der Waals surface area contributed by atoms with Crippen LogP contribution in [0.1, 0.15) is 18.7 Å². The quantitative estimate of drug-likeness (QED) is 0.686. The van der Waals surface area contributed by atoms with Crippen molar-refractivity contribution < 1.29 is 14.2 Å². The first-order chi connectivity index (χ1) is 13.7. The second-order valence-electron chi connectivity index (χ2n) is 7.30. The van der Waals surface area contributed by atoms with Crippen LogP contribution in [0.5, 0.6) is 5.75 Å². The predicted molar refractivity (Wildman–Crippen MR) is 106 cm³/mol. The van der Waals surface area contributed by atoms with Gasteiger partial charge < -0.3 is 14.2 Å². The van der Waals surface area contributed by atoms with Crippen molar-refractivity contribution >= 4 is 10.9 Å². The van der Waals surface area contributed by atoms with E-state index in [0.29, 0.717) is 38.0 Å². The first-order valence-electron chi connectivity index (χ1n) is 9.63. The molecule has 2 aromatic carbocycles. The molecule has 0 radical (unpaired) electrons. The molecule has 1 spiro atoms. The number of hydrogen-bond acceptors (Lipinski definition) is 5. The molecular formula is C22H22N2O4. The van der Waals surface area contributed by atoms with Crippen LogP contribution in [0.2, 0.25) is 0 Å². The van der Waals surface area contributed by atoms with Crippen molar-refractivity contribution in [2.24, 2.45) is 0 Å². The number of aryl methyl sites for hydroxylation is 1. The molecule has 0 bridgehead atoms. The lowest BCUT2D eigenvalue weighted by Crippen LogP contribution is -2.31. The molecule has 6 nitrogen and oxygen atoms in total. The Balaban J connectivity index is 1.55. The number of ether oxygens (including phenoxy) is 3. The highest BCUT2D eigenvalue weighted by atomic mass is 16.7. The van der Waals surface area contributed by atoms with Crippen LogP contribution in [0.15, 0.2) is 47.3 Å². The average molecular weight is 378 g/mol. The fourth-order valence-electron chi connectivity index (χ4n) is 4.15. The summed E-state index contributed by atoms with van der Waals surface area (Å²) in [6.45, 7) is 1.80. The molecule has 0 unspecified atom stereocenters. The molecule has 28 heavy (non-hydrogen) atoms. The fraction of sp³-hybridized carbons (Fsp3) is 0.364. The van der Waals surface area contributed by atoms with Gasteiger partial charge in [0.25, 0.3) is 5.56 Å². The van der Waals surface area contributed by atoms with Gasteiger partial charge in [0.05, 0.1) is 31.2 Å². The zero-order chi connectivity index (χ0) is 19.1. The SMILES string of the molecule is COc1ccc(-c2ccc3c(=O)n4c(nc3c2)CCC2(CC4)OCCO2)cc1. The summed E-state index contributed by atoms with van der Waals surface area (Å²) in [7, 11) is 1.65. The van der Waals surface area contributed by atoms with E-state index in [4.69, 9.17) is 19.2 Å². The van der Waals surface area contributed by atoms with Crippen LogP contribution < -0.4 is 10.3 Å². The molecule has 0 aliphatic carbocycles. The molecule has 0 atom stereocenters. The number of rotatable bonds is 2. The van der Waals surface area contributed by atoms with Gasteiger partial charge in [-0.15, -0.1) is 0 Å². The van der Waals surface area contributed by atoms with Gasteiger partial charge in [-0.1, -0.05) is 18.2 Å². The molecule has 6 heteroatoms. The van der Waals surface area contributed by atoms with Gasteiger partial charge in [-0.3, -0.25) is 9.36 Å². The van der Waals surface area contributed by atoms with Crippen LogP contribution >= 0.6 is 0 Å². The number of nitrogens with zero attached hydrogens (tertiary/aromatic N) is 2. The van der Waals surface area contributed by atoms with Crippen molar-refractivity contribution in [1.82, 2.24) is 9.55 Å². The maximum absolute atomic E-state index is 13.1. The third kappa shape index (κ3) is 2.89. The molecule has 1 fully saturated rings. The van der Waals surface area contributed by atoms with Gasteiger partial charge in [0.15, 0.2) is 5.79 Å². The Morgan fingerprint density at radius 1 is 1.04 bits per heavy atom. The summed E-state index contributed by atoms with van der Waals surface area (Å²) in [5.74, 6) is 1.07. The standard InChI is InChI=1S/C22H22N2O4/c1-26-17-5-2-15(3-6-17)16-4-7-18-19(14-16)23-20-8-9-22(27-12-13-28-22)10-11-24(20)21(18)25/h2-7,14H,8-13H2,1H3. The Hall–Kier alpha value is -2.70. The molecule has 0 amide bonds.